The number of aryl methyl sites for hydroxylation is 3. The van der Waals surface area contributed by atoms with Crippen molar-refractivity contribution in [2.24, 2.45) is 0 Å². The van der Waals surface area contributed by atoms with E-state index in [1.165, 1.54) is 33.1 Å². The zero-order valence-corrected chi connectivity index (χ0v) is 17.8. The third-order valence-electron chi connectivity index (χ3n) is 5.11. The van der Waals surface area contributed by atoms with Gasteiger partial charge in [0.25, 0.3) is 5.91 Å². The molecule has 1 aliphatic rings. The number of hydrogen-bond acceptors (Lipinski definition) is 4. The van der Waals surface area contributed by atoms with Crippen LogP contribution in [-0.2, 0) is 21.2 Å². The fraction of sp³-hybridized carbons (Fsp3) is 0.409. The number of benzene rings is 2. The second-order valence-electron chi connectivity index (χ2n) is 7.33. The predicted molar refractivity (Wildman–Crippen MR) is 113 cm³/mol. The van der Waals surface area contributed by atoms with Crippen LogP contribution in [0.1, 0.15) is 33.5 Å². The first-order chi connectivity index (χ1) is 13.9. The molecule has 6 nitrogen and oxygen atoms in total. The van der Waals surface area contributed by atoms with Crippen molar-refractivity contribution >= 4 is 15.9 Å². The number of hydrogen-bond donors (Lipinski definition) is 1. The van der Waals surface area contributed by atoms with Crippen molar-refractivity contribution in [3.63, 3.8) is 0 Å². The van der Waals surface area contributed by atoms with Gasteiger partial charge in [0.2, 0.25) is 10.0 Å². The third-order valence-corrected chi connectivity index (χ3v) is 7.01. The molecule has 0 radical (unpaired) electrons. The summed E-state index contributed by atoms with van der Waals surface area (Å²) in [5, 5.41) is 2.89. The van der Waals surface area contributed by atoms with Crippen LogP contribution in [0.5, 0.6) is 0 Å². The number of nitrogens with zero attached hydrogens (tertiary/aromatic N) is 1. The van der Waals surface area contributed by atoms with E-state index in [1.807, 2.05) is 0 Å². The summed E-state index contributed by atoms with van der Waals surface area (Å²) >= 11 is 0. The molecule has 1 fully saturated rings. The summed E-state index contributed by atoms with van der Waals surface area (Å²) in [6.45, 7) is 6.15. The second kappa shape index (κ2) is 9.52. The van der Waals surface area contributed by atoms with Crippen LogP contribution in [-0.4, -0.2) is 51.5 Å². The molecule has 0 spiro atoms. The van der Waals surface area contributed by atoms with Gasteiger partial charge in [0.15, 0.2) is 0 Å². The maximum atomic E-state index is 12.8. The Balaban J connectivity index is 1.58. The van der Waals surface area contributed by atoms with Crippen LogP contribution in [0.3, 0.4) is 0 Å². The molecule has 0 aliphatic carbocycles. The maximum absolute atomic E-state index is 12.8. The first-order valence-corrected chi connectivity index (χ1v) is 11.3. The van der Waals surface area contributed by atoms with Gasteiger partial charge in [0, 0.05) is 25.2 Å². The van der Waals surface area contributed by atoms with Gasteiger partial charge in [0.1, 0.15) is 0 Å². The smallest absolute Gasteiger partial charge is 0.251 e. The van der Waals surface area contributed by atoms with Gasteiger partial charge in [-0.3, -0.25) is 4.79 Å². The van der Waals surface area contributed by atoms with E-state index in [0.29, 0.717) is 38.4 Å². The highest BCUT2D eigenvalue weighted by Crippen LogP contribution is 2.18. The number of carbonyl (C=O) groups excluding carboxylic acids is 1. The van der Waals surface area contributed by atoms with E-state index in [2.05, 4.69) is 37.4 Å². The fourth-order valence-corrected chi connectivity index (χ4v) is 4.90. The standard InChI is InChI=1S/C22H28N2O4S/c1-17-8-9-19(18(2)15-17)6-4-10-23-22(25)20-5-3-7-21(16-20)29(26,27)24-11-13-28-14-12-24/h3,5,7-9,15-16H,4,6,10-14H2,1-2H3,(H,23,25). The van der Waals surface area contributed by atoms with E-state index < -0.39 is 10.0 Å². The van der Waals surface area contributed by atoms with Crippen LogP contribution < -0.4 is 5.32 Å². The van der Waals surface area contributed by atoms with Gasteiger partial charge in [0.05, 0.1) is 18.1 Å². The van der Waals surface area contributed by atoms with Crippen molar-refractivity contribution in [1.82, 2.24) is 9.62 Å². The Kier molecular flexibility index (Phi) is 7.05. The van der Waals surface area contributed by atoms with Gasteiger partial charge in [-0.1, -0.05) is 29.8 Å². The molecule has 0 aromatic heterocycles. The summed E-state index contributed by atoms with van der Waals surface area (Å²) in [5.74, 6) is -0.260. The predicted octanol–water partition coefficient (Wildman–Crippen LogP) is 2.69. The molecular formula is C22H28N2O4S. The van der Waals surface area contributed by atoms with Gasteiger partial charge in [-0.15, -0.1) is 0 Å². The molecule has 1 N–H and O–H groups in total. The SMILES string of the molecule is Cc1ccc(CCCNC(=O)c2cccc(S(=O)(=O)N3CCOCC3)c2)c(C)c1. The van der Waals surface area contributed by atoms with Crippen molar-refractivity contribution < 1.29 is 17.9 Å². The molecule has 2 aromatic carbocycles. The summed E-state index contributed by atoms with van der Waals surface area (Å²) in [6.07, 6.45) is 1.71. The van der Waals surface area contributed by atoms with E-state index in [4.69, 9.17) is 4.74 Å². The normalized spacial score (nSPS) is 15.2. The van der Waals surface area contributed by atoms with Crippen molar-refractivity contribution in [1.29, 1.82) is 0 Å². The Bertz CT molecular complexity index is 967. The topological polar surface area (TPSA) is 75.7 Å². The zero-order valence-electron chi connectivity index (χ0n) is 17.0. The first-order valence-electron chi connectivity index (χ1n) is 9.90. The zero-order chi connectivity index (χ0) is 20.9. The molecule has 3 rings (SSSR count). The summed E-state index contributed by atoms with van der Waals surface area (Å²) in [7, 11) is -3.61. The molecule has 7 heteroatoms. The molecule has 156 valence electrons. The number of amides is 1. The van der Waals surface area contributed by atoms with Gasteiger partial charge in [-0.05, 0) is 56.0 Å². The molecule has 1 amide bonds. The number of morpholine rings is 1. The molecule has 29 heavy (non-hydrogen) atoms. The molecule has 1 heterocycles. The minimum atomic E-state index is -3.61. The number of carbonyl (C=O) groups is 1. The van der Waals surface area contributed by atoms with Gasteiger partial charge < -0.3 is 10.1 Å². The van der Waals surface area contributed by atoms with Crippen LogP contribution in [0.15, 0.2) is 47.4 Å². The monoisotopic (exact) mass is 416 g/mol. The number of nitrogens with one attached hydrogen (secondary N) is 1. The van der Waals surface area contributed by atoms with Crippen molar-refractivity contribution in [3.8, 4) is 0 Å². The molecule has 0 atom stereocenters. The van der Waals surface area contributed by atoms with E-state index in [1.54, 1.807) is 12.1 Å². The largest absolute Gasteiger partial charge is 0.379 e. The molecule has 0 saturated carbocycles. The van der Waals surface area contributed by atoms with Crippen LogP contribution in [0.2, 0.25) is 0 Å². The molecule has 0 bridgehead atoms. The Morgan fingerprint density at radius 3 is 2.59 bits per heavy atom. The third kappa shape index (κ3) is 5.44. The quantitative estimate of drug-likeness (QED) is 0.704. The summed E-state index contributed by atoms with van der Waals surface area (Å²) in [4.78, 5) is 12.6. The Labute approximate surface area is 172 Å². The highest BCUT2D eigenvalue weighted by Gasteiger charge is 2.26. The van der Waals surface area contributed by atoms with E-state index >= 15 is 0 Å². The second-order valence-corrected chi connectivity index (χ2v) is 9.27. The lowest BCUT2D eigenvalue weighted by Gasteiger charge is -2.26. The van der Waals surface area contributed by atoms with Gasteiger partial charge in [-0.25, -0.2) is 8.42 Å². The number of ether oxygens (including phenoxy) is 1. The minimum Gasteiger partial charge on any atom is -0.379 e. The van der Waals surface area contributed by atoms with E-state index in [0.717, 1.165) is 12.8 Å². The molecular weight excluding hydrogens is 388 g/mol. The summed E-state index contributed by atoms with van der Waals surface area (Å²) in [6, 6.07) is 12.6. The maximum Gasteiger partial charge on any atom is 0.251 e. The first kappa shape index (κ1) is 21.5. The van der Waals surface area contributed by atoms with Crippen molar-refractivity contribution in [3.05, 3.63) is 64.7 Å². The van der Waals surface area contributed by atoms with Crippen LogP contribution in [0.4, 0.5) is 0 Å². The lowest BCUT2D eigenvalue weighted by molar-refractivity contribution is 0.0730. The highest BCUT2D eigenvalue weighted by atomic mass is 32.2. The number of sulfonamides is 1. The lowest BCUT2D eigenvalue weighted by Crippen LogP contribution is -2.40. The summed E-state index contributed by atoms with van der Waals surface area (Å²) in [5.41, 5.74) is 4.14. The molecule has 1 saturated heterocycles. The average Bonchev–Trinajstić information content (AvgIpc) is 2.73. The van der Waals surface area contributed by atoms with Crippen LogP contribution >= 0.6 is 0 Å². The Morgan fingerprint density at radius 2 is 1.86 bits per heavy atom. The van der Waals surface area contributed by atoms with Crippen molar-refractivity contribution in [2.75, 3.05) is 32.8 Å². The molecule has 0 unspecified atom stereocenters. The van der Waals surface area contributed by atoms with Gasteiger partial charge in [-0.2, -0.15) is 4.31 Å². The van der Waals surface area contributed by atoms with Crippen molar-refractivity contribution in [2.45, 2.75) is 31.6 Å². The fourth-order valence-electron chi connectivity index (χ4n) is 3.44. The Morgan fingerprint density at radius 1 is 1.10 bits per heavy atom. The summed E-state index contributed by atoms with van der Waals surface area (Å²) < 4.78 is 32.2. The van der Waals surface area contributed by atoms with Crippen LogP contribution in [0, 0.1) is 13.8 Å². The average molecular weight is 417 g/mol. The number of rotatable bonds is 7. The van der Waals surface area contributed by atoms with E-state index in [-0.39, 0.29) is 10.8 Å². The minimum absolute atomic E-state index is 0.141. The van der Waals surface area contributed by atoms with Crippen LogP contribution in [0.25, 0.3) is 0 Å². The molecule has 1 aliphatic heterocycles. The van der Waals surface area contributed by atoms with E-state index in [9.17, 15) is 13.2 Å². The van der Waals surface area contributed by atoms with Gasteiger partial charge >= 0.3 is 0 Å². The Hall–Kier alpha value is -2.22. The highest BCUT2D eigenvalue weighted by molar-refractivity contribution is 7.89. The lowest BCUT2D eigenvalue weighted by atomic mass is 10.0. The molecule has 2 aromatic rings.